The first-order valence-corrected chi connectivity index (χ1v) is 12.1. The maximum absolute atomic E-state index is 4.61. The molecule has 0 aliphatic carbocycles. The molecule has 0 aliphatic heterocycles. The predicted molar refractivity (Wildman–Crippen MR) is 81.4 cm³/mol. The van der Waals surface area contributed by atoms with E-state index in [0.717, 1.165) is 0 Å². The number of nitrogens with zero attached hydrogens (tertiary/aromatic N) is 1. The fourth-order valence-corrected chi connectivity index (χ4v) is 3.57. The Bertz CT molecular complexity index is 215. The Morgan fingerprint density at radius 3 is 1.76 bits per heavy atom. The average molecular weight is 327 g/mol. The molecule has 0 N–H and O–H groups in total. The van der Waals surface area contributed by atoms with Crippen molar-refractivity contribution in [2.24, 2.45) is 0 Å². The van der Waals surface area contributed by atoms with Crippen LogP contribution in [-0.4, -0.2) is 22.3 Å². The molecule has 0 aliphatic rings. The van der Waals surface area contributed by atoms with E-state index in [4.69, 9.17) is 0 Å². The van der Waals surface area contributed by atoms with Crippen LogP contribution in [0.4, 0.5) is 0 Å². The molecular weight excluding hydrogens is 300 g/mol. The number of hydrogen-bond acceptors (Lipinski definition) is 0. The van der Waals surface area contributed by atoms with E-state index in [1.807, 2.05) is 8.84 Å². The Morgan fingerprint density at radius 1 is 0.941 bits per heavy atom. The van der Waals surface area contributed by atoms with Gasteiger partial charge in [0.25, 0.3) is 0 Å². The summed E-state index contributed by atoms with van der Waals surface area (Å²) in [5, 5.41) is 0. The first-order chi connectivity index (χ1) is 8.26. The molecule has 0 heterocycles. The predicted octanol–water partition coefficient (Wildman–Crippen LogP) is 4.66. The Morgan fingerprint density at radius 2 is 1.41 bits per heavy atom. The second kappa shape index (κ2) is 13.5. The summed E-state index contributed by atoms with van der Waals surface area (Å²) in [4.78, 5) is 2.49. The van der Waals surface area contributed by atoms with Gasteiger partial charge in [-0.3, -0.25) is 0 Å². The van der Waals surface area contributed by atoms with E-state index in [0.29, 0.717) is 0 Å². The average Bonchev–Trinajstić information content (AvgIpc) is 2.36. The topological polar surface area (TPSA) is 3.24 Å². The van der Waals surface area contributed by atoms with Crippen molar-refractivity contribution < 1.29 is 16.6 Å². The van der Waals surface area contributed by atoms with Crippen LogP contribution in [0.3, 0.4) is 0 Å². The second-order valence-electron chi connectivity index (χ2n) is 4.54. The zero-order valence-corrected chi connectivity index (χ0v) is 16.3. The number of hydrogen-bond donors (Lipinski definition) is 1. The molecule has 17 heavy (non-hydrogen) atoms. The standard InChI is InChI=1S/C13H27NS2.Zn/c1-3-5-7-9-11-14(13(15)16)12-10-8-6-4-2;/h3-12H2,1-2H3,(H,15,16);. The molecule has 0 fully saturated rings. The molecule has 0 bridgehead atoms. The molecule has 98 valence electrons. The van der Waals surface area contributed by atoms with Gasteiger partial charge in [-0.05, 0) is 0 Å². The minimum absolute atomic E-state index is 1.21. The SMILES string of the molecule is CCCCCCN(CCCCCC)C(S)=[S]=[Zn]. The third-order valence-electron chi connectivity index (χ3n) is 2.96. The van der Waals surface area contributed by atoms with E-state index in [-0.39, 0.29) is 0 Å². The van der Waals surface area contributed by atoms with Crippen molar-refractivity contribution in [2.75, 3.05) is 13.1 Å². The van der Waals surface area contributed by atoms with Crippen LogP contribution < -0.4 is 0 Å². The summed E-state index contributed by atoms with van der Waals surface area (Å²) < 4.78 is 1.25. The summed E-state index contributed by atoms with van der Waals surface area (Å²) in [6.45, 7) is 6.95. The van der Waals surface area contributed by atoms with Gasteiger partial charge in [-0.15, -0.1) is 0 Å². The van der Waals surface area contributed by atoms with Crippen molar-refractivity contribution in [3.05, 3.63) is 0 Å². The van der Waals surface area contributed by atoms with Gasteiger partial charge in [0.1, 0.15) is 0 Å². The summed E-state index contributed by atoms with van der Waals surface area (Å²) in [6, 6.07) is 0. The molecule has 0 spiro atoms. The molecule has 1 nitrogen and oxygen atoms in total. The first kappa shape index (κ1) is 18.0. The minimum atomic E-state index is 1.21. The van der Waals surface area contributed by atoms with Gasteiger partial charge in [-0.1, -0.05) is 0 Å². The third kappa shape index (κ3) is 10.6. The van der Waals surface area contributed by atoms with E-state index in [2.05, 4.69) is 31.4 Å². The van der Waals surface area contributed by atoms with Gasteiger partial charge >= 0.3 is 126 Å². The van der Waals surface area contributed by atoms with Crippen molar-refractivity contribution in [1.29, 1.82) is 0 Å². The fourth-order valence-electron chi connectivity index (χ4n) is 1.85. The van der Waals surface area contributed by atoms with Crippen LogP contribution in [0.1, 0.15) is 65.2 Å². The van der Waals surface area contributed by atoms with Crippen LogP contribution in [0.25, 0.3) is 0 Å². The summed E-state index contributed by atoms with van der Waals surface area (Å²) >= 11 is 5.86. The van der Waals surface area contributed by atoms with Crippen molar-refractivity contribution in [3.63, 3.8) is 0 Å². The maximum atomic E-state index is 4.61. The van der Waals surface area contributed by atoms with Gasteiger partial charge in [-0.2, -0.15) is 0 Å². The molecule has 0 rings (SSSR count). The normalized spacial score (nSPS) is 10.9. The fraction of sp³-hybridized carbons (Fsp3) is 0.923. The van der Waals surface area contributed by atoms with Crippen LogP contribution in [0.2, 0.25) is 0 Å². The monoisotopic (exact) mass is 325 g/mol. The molecule has 0 saturated heterocycles. The van der Waals surface area contributed by atoms with E-state index in [1.54, 1.807) is 0 Å². The molecule has 0 aromatic carbocycles. The molecule has 0 saturated carbocycles. The van der Waals surface area contributed by atoms with E-state index in [1.165, 1.54) is 85.3 Å². The van der Waals surface area contributed by atoms with E-state index in [9.17, 15) is 0 Å². The molecule has 0 unspecified atom stereocenters. The van der Waals surface area contributed by atoms with Crippen LogP contribution >= 0.6 is 21.5 Å². The number of unbranched alkanes of at least 4 members (excludes halogenated alkanes) is 6. The Labute approximate surface area is 125 Å². The summed E-state index contributed by atoms with van der Waals surface area (Å²) in [5.41, 5.74) is 0. The van der Waals surface area contributed by atoms with Gasteiger partial charge in [-0.25, -0.2) is 0 Å². The molecular formula is C13H27NS2Zn. The Kier molecular flexibility index (Phi) is 14.3. The van der Waals surface area contributed by atoms with Gasteiger partial charge in [0.15, 0.2) is 0 Å². The van der Waals surface area contributed by atoms with Gasteiger partial charge < -0.3 is 0 Å². The summed E-state index contributed by atoms with van der Waals surface area (Å²) in [7, 11) is 1.89. The number of rotatable bonds is 10. The van der Waals surface area contributed by atoms with Gasteiger partial charge in [0, 0.05) is 0 Å². The van der Waals surface area contributed by atoms with Crippen LogP contribution in [0.5, 0.6) is 0 Å². The van der Waals surface area contributed by atoms with Gasteiger partial charge in [0.05, 0.1) is 0 Å². The van der Waals surface area contributed by atoms with Crippen LogP contribution in [0.15, 0.2) is 0 Å². The number of thiol groups is 1. The third-order valence-corrected chi connectivity index (χ3v) is 7.40. The van der Waals surface area contributed by atoms with Crippen LogP contribution in [0, 0.1) is 0 Å². The molecule has 0 aromatic rings. The second-order valence-corrected chi connectivity index (χ2v) is 7.75. The van der Waals surface area contributed by atoms with Crippen molar-refractivity contribution in [1.82, 2.24) is 4.90 Å². The van der Waals surface area contributed by atoms with Crippen LogP contribution in [-0.2, 0) is 16.6 Å². The van der Waals surface area contributed by atoms with Crippen molar-refractivity contribution in [3.8, 4) is 0 Å². The summed E-state index contributed by atoms with van der Waals surface area (Å²) in [6.07, 6.45) is 10.8. The van der Waals surface area contributed by atoms with Crippen molar-refractivity contribution in [2.45, 2.75) is 65.2 Å². The summed E-state index contributed by atoms with van der Waals surface area (Å²) in [5.74, 6) is 0. The van der Waals surface area contributed by atoms with E-state index >= 15 is 0 Å². The van der Waals surface area contributed by atoms with Gasteiger partial charge in [0.2, 0.25) is 0 Å². The van der Waals surface area contributed by atoms with E-state index < -0.39 is 0 Å². The molecule has 0 aromatic heterocycles. The quantitative estimate of drug-likeness (QED) is 0.264. The molecule has 0 radical (unpaired) electrons. The Balaban J connectivity index is 3.85. The Hall–Kier alpha value is 1.02. The zero-order valence-electron chi connectivity index (χ0n) is 11.6. The molecule has 0 atom stereocenters. The zero-order chi connectivity index (χ0) is 12.9. The molecule has 0 amide bonds. The first-order valence-electron chi connectivity index (χ1n) is 6.99. The molecule has 4 heteroatoms. The van der Waals surface area contributed by atoms with Crippen molar-refractivity contribution >= 4 is 25.8 Å².